The minimum Gasteiger partial charge on any atom is -0.471 e. The lowest BCUT2D eigenvalue weighted by atomic mass is 10.2. The zero-order chi connectivity index (χ0) is 18.0. The molecule has 0 radical (unpaired) electrons. The van der Waals surface area contributed by atoms with Crippen molar-refractivity contribution in [2.45, 2.75) is 31.9 Å². The zero-order valence-corrected chi connectivity index (χ0v) is 14.8. The summed E-state index contributed by atoms with van der Waals surface area (Å²) < 4.78 is 38.8. The van der Waals surface area contributed by atoms with E-state index in [4.69, 9.17) is 4.74 Å². The van der Waals surface area contributed by atoms with Crippen LogP contribution in [0.25, 0.3) is 11.0 Å². The Kier molecular flexibility index (Phi) is 7.62. The summed E-state index contributed by atoms with van der Waals surface area (Å²) in [6.07, 6.45) is 0.294. The Morgan fingerprint density at radius 2 is 1.96 bits per heavy atom. The predicted octanol–water partition coefficient (Wildman–Crippen LogP) is 3.25. The summed E-state index contributed by atoms with van der Waals surface area (Å²) in [5.41, 5.74) is 0.183. The highest BCUT2D eigenvalue weighted by Crippen LogP contribution is 2.35. The van der Waals surface area contributed by atoms with Gasteiger partial charge in [-0.2, -0.15) is 8.78 Å². The number of carbonyl (C=O) groups excluding carboxylic acids is 1. The van der Waals surface area contributed by atoms with Crippen LogP contribution < -0.4 is 10.1 Å². The first-order valence-electron chi connectivity index (χ1n) is 7.71. The number of methoxy groups -OCH3 is 1. The number of halogens is 3. The van der Waals surface area contributed by atoms with E-state index in [-0.39, 0.29) is 25.7 Å². The number of fused-ring (bicyclic) bond motifs is 1. The van der Waals surface area contributed by atoms with Crippen molar-refractivity contribution in [3.8, 4) is 5.88 Å². The van der Waals surface area contributed by atoms with Crippen molar-refractivity contribution in [2.75, 3.05) is 13.7 Å². The maximum absolute atomic E-state index is 14.2. The second kappa shape index (κ2) is 9.05. The average Bonchev–Trinajstić information content (AvgIpc) is 3.09. The van der Waals surface area contributed by atoms with Crippen molar-refractivity contribution < 1.29 is 23.0 Å². The van der Waals surface area contributed by atoms with Crippen LogP contribution in [0.5, 0.6) is 5.88 Å². The molecule has 0 saturated carbocycles. The van der Waals surface area contributed by atoms with E-state index in [0.29, 0.717) is 30.1 Å². The second-order valence-corrected chi connectivity index (χ2v) is 5.65. The fraction of sp³-hybridized carbons (Fsp3) is 0.389. The van der Waals surface area contributed by atoms with Crippen LogP contribution in [0.3, 0.4) is 0 Å². The minimum atomic E-state index is -3.39. The molecule has 2 heterocycles. The molecule has 0 bridgehead atoms. The largest absolute Gasteiger partial charge is 0.471 e. The fourth-order valence-corrected chi connectivity index (χ4v) is 2.65. The molecule has 0 unspecified atom stereocenters. The van der Waals surface area contributed by atoms with Gasteiger partial charge < -0.3 is 14.8 Å². The number of benzene rings is 1. The number of ether oxygens (including phenoxy) is 2. The van der Waals surface area contributed by atoms with Gasteiger partial charge in [0.05, 0.1) is 18.1 Å². The van der Waals surface area contributed by atoms with Gasteiger partial charge in [0.15, 0.2) is 5.69 Å². The number of hydrogen-bond acceptors (Lipinski definition) is 6. The summed E-state index contributed by atoms with van der Waals surface area (Å²) in [4.78, 5) is 19.8. The predicted molar refractivity (Wildman–Crippen MR) is 100 cm³/mol. The molecule has 148 valence electrons. The minimum absolute atomic E-state index is 0. The summed E-state index contributed by atoms with van der Waals surface area (Å²) in [5, 5.41) is 2.93. The standard InChI is InChI=1S/C17H17F2N3O3.CH4.ClH/c1-3-17(18,19)14-15(22-12-7-5-4-6-11(12)21-14)25-10-8-13(20-9-10)16(23)24-2;;/h3-7,10,13,20H,1,8-9H2,2H3;1H4;1H/t10-,13+;;/m1../s1. The zero-order valence-electron chi connectivity index (χ0n) is 13.9. The normalized spacial score (nSPS) is 18.9. The number of nitrogens with zero attached hydrogens (tertiary/aromatic N) is 2. The Balaban J connectivity index is 0.00000182. The topological polar surface area (TPSA) is 73.3 Å². The number of carbonyl (C=O) groups is 1. The molecular weight excluding hydrogens is 380 g/mol. The molecule has 9 heteroatoms. The molecule has 0 spiro atoms. The van der Waals surface area contributed by atoms with Crippen LogP contribution >= 0.6 is 12.4 Å². The van der Waals surface area contributed by atoms with Gasteiger partial charge in [0, 0.05) is 13.0 Å². The lowest BCUT2D eigenvalue weighted by Crippen LogP contribution is -2.31. The van der Waals surface area contributed by atoms with E-state index in [0.717, 1.165) is 0 Å². The summed E-state index contributed by atoms with van der Waals surface area (Å²) in [6, 6.07) is 6.15. The first kappa shape index (κ1) is 22.7. The second-order valence-electron chi connectivity index (χ2n) is 5.65. The molecule has 1 fully saturated rings. The van der Waals surface area contributed by atoms with Crippen molar-refractivity contribution >= 4 is 29.4 Å². The van der Waals surface area contributed by atoms with Gasteiger partial charge in [0.25, 0.3) is 0 Å². The van der Waals surface area contributed by atoms with Gasteiger partial charge in [0.2, 0.25) is 5.88 Å². The monoisotopic (exact) mass is 401 g/mol. The van der Waals surface area contributed by atoms with Crippen molar-refractivity contribution in [3.63, 3.8) is 0 Å². The molecule has 2 aromatic rings. The molecular formula is C18H22ClF2N3O3. The molecule has 3 rings (SSSR count). The molecule has 0 amide bonds. The smallest absolute Gasteiger partial charge is 0.323 e. The number of alkyl halides is 2. The Labute approximate surface area is 162 Å². The number of hydrogen-bond donors (Lipinski definition) is 1. The van der Waals surface area contributed by atoms with Gasteiger partial charge in [-0.05, 0) is 18.2 Å². The van der Waals surface area contributed by atoms with E-state index in [9.17, 15) is 13.6 Å². The Hall–Kier alpha value is -2.32. The van der Waals surface area contributed by atoms with E-state index in [1.807, 2.05) is 0 Å². The van der Waals surface area contributed by atoms with Gasteiger partial charge in [-0.1, -0.05) is 26.1 Å². The van der Waals surface area contributed by atoms with Gasteiger partial charge in [0.1, 0.15) is 12.1 Å². The molecule has 1 aromatic carbocycles. The van der Waals surface area contributed by atoms with Crippen LogP contribution in [-0.2, 0) is 15.5 Å². The third kappa shape index (κ3) is 4.70. The van der Waals surface area contributed by atoms with Gasteiger partial charge in [-0.25, -0.2) is 9.97 Å². The van der Waals surface area contributed by atoms with E-state index >= 15 is 0 Å². The van der Waals surface area contributed by atoms with Gasteiger partial charge in [-0.15, -0.1) is 12.4 Å². The van der Waals surface area contributed by atoms with E-state index in [1.54, 1.807) is 24.3 Å². The number of rotatable bonds is 5. The van der Waals surface area contributed by atoms with Crippen molar-refractivity contribution in [1.82, 2.24) is 15.3 Å². The summed E-state index contributed by atoms with van der Waals surface area (Å²) in [5.74, 6) is -4.08. The Morgan fingerprint density at radius 3 is 2.56 bits per heavy atom. The number of aromatic nitrogens is 2. The van der Waals surface area contributed by atoms with Gasteiger partial charge >= 0.3 is 11.9 Å². The number of allylic oxidation sites excluding steroid dienone is 1. The number of nitrogens with one attached hydrogen (secondary N) is 1. The van der Waals surface area contributed by atoms with E-state index < -0.39 is 29.7 Å². The SMILES string of the molecule is C.C=CC(F)(F)c1nc2ccccc2nc1O[C@H]1CN[C@H](C(=O)OC)C1.Cl. The maximum Gasteiger partial charge on any atom is 0.323 e. The average molecular weight is 402 g/mol. The summed E-state index contributed by atoms with van der Waals surface area (Å²) in [6.45, 7) is 3.47. The quantitative estimate of drug-likeness (QED) is 0.612. The molecule has 1 N–H and O–H groups in total. The van der Waals surface area contributed by atoms with Crippen LogP contribution in [0.4, 0.5) is 8.78 Å². The van der Waals surface area contributed by atoms with Crippen molar-refractivity contribution in [1.29, 1.82) is 0 Å². The molecule has 1 aliphatic heterocycles. The lowest BCUT2D eigenvalue weighted by Gasteiger charge is -2.18. The molecule has 1 aliphatic rings. The van der Waals surface area contributed by atoms with Gasteiger partial charge in [-0.3, -0.25) is 4.79 Å². The van der Waals surface area contributed by atoms with Crippen LogP contribution in [0.15, 0.2) is 36.9 Å². The summed E-state index contributed by atoms with van der Waals surface area (Å²) >= 11 is 0. The molecule has 6 nitrogen and oxygen atoms in total. The third-order valence-corrected chi connectivity index (χ3v) is 3.97. The fourth-order valence-electron chi connectivity index (χ4n) is 2.65. The highest BCUT2D eigenvalue weighted by Gasteiger charge is 2.37. The lowest BCUT2D eigenvalue weighted by molar-refractivity contribution is -0.142. The molecule has 1 saturated heterocycles. The van der Waals surface area contributed by atoms with Crippen LogP contribution in [0, 0.1) is 0 Å². The first-order valence-corrected chi connectivity index (χ1v) is 7.71. The van der Waals surface area contributed by atoms with Crippen molar-refractivity contribution in [3.05, 3.63) is 42.6 Å². The Bertz CT molecular complexity index is 820. The van der Waals surface area contributed by atoms with Crippen molar-refractivity contribution in [2.24, 2.45) is 0 Å². The number of esters is 1. The Morgan fingerprint density at radius 1 is 1.33 bits per heavy atom. The first-order chi connectivity index (χ1) is 11.9. The molecule has 27 heavy (non-hydrogen) atoms. The van der Waals surface area contributed by atoms with Crippen LogP contribution in [-0.4, -0.2) is 41.7 Å². The highest BCUT2D eigenvalue weighted by molar-refractivity contribution is 5.85. The molecule has 0 aliphatic carbocycles. The number of para-hydroxylation sites is 2. The van der Waals surface area contributed by atoms with Crippen LogP contribution in [0.2, 0.25) is 0 Å². The van der Waals surface area contributed by atoms with E-state index in [2.05, 4.69) is 26.6 Å². The summed E-state index contributed by atoms with van der Waals surface area (Å²) in [7, 11) is 1.29. The van der Waals surface area contributed by atoms with Crippen LogP contribution in [0.1, 0.15) is 19.5 Å². The molecule has 2 atom stereocenters. The third-order valence-electron chi connectivity index (χ3n) is 3.97. The van der Waals surface area contributed by atoms with E-state index in [1.165, 1.54) is 7.11 Å². The maximum atomic E-state index is 14.2. The highest BCUT2D eigenvalue weighted by atomic mass is 35.5. The molecule has 1 aromatic heterocycles.